The molecule has 0 heterocycles. The highest BCUT2D eigenvalue weighted by atomic mass is 19.4. The maximum absolute atomic E-state index is 13.1. The van der Waals surface area contributed by atoms with Crippen molar-refractivity contribution in [3.63, 3.8) is 0 Å². The molecule has 2 aromatic rings. The number of benzene rings is 2. The summed E-state index contributed by atoms with van der Waals surface area (Å²) in [4.78, 5) is 45.4. The van der Waals surface area contributed by atoms with E-state index in [0.717, 1.165) is 6.07 Å². The minimum atomic E-state index is -4.98. The molecular weight excluding hydrogens is 439 g/mol. The number of esters is 1. The normalized spacial score (nSPS) is 10.8. The number of hydrogen-bond acceptors (Lipinski definition) is 7. The van der Waals surface area contributed by atoms with Gasteiger partial charge in [0.25, 0.3) is 17.5 Å². The lowest BCUT2D eigenvalue weighted by atomic mass is 10.1. The number of amides is 2. The predicted octanol–water partition coefficient (Wildman–Crippen LogP) is 2.53. The lowest BCUT2D eigenvalue weighted by Gasteiger charge is -2.14. The van der Waals surface area contributed by atoms with Crippen LogP contribution in [0.15, 0.2) is 42.5 Å². The molecular formula is C19H16F3N3O7. The lowest BCUT2D eigenvalue weighted by Crippen LogP contribution is -2.32. The Morgan fingerprint density at radius 1 is 1.12 bits per heavy atom. The molecule has 0 saturated heterocycles. The number of para-hydroxylation sites is 1. The van der Waals surface area contributed by atoms with Gasteiger partial charge < -0.3 is 20.1 Å². The van der Waals surface area contributed by atoms with Gasteiger partial charge in [0.2, 0.25) is 0 Å². The number of carbonyl (C=O) groups is 3. The fourth-order valence-electron chi connectivity index (χ4n) is 2.45. The van der Waals surface area contributed by atoms with Crippen LogP contribution >= 0.6 is 0 Å². The van der Waals surface area contributed by atoms with Crippen LogP contribution in [-0.4, -0.2) is 43.0 Å². The molecule has 2 amide bonds. The van der Waals surface area contributed by atoms with Gasteiger partial charge in [-0.3, -0.25) is 24.5 Å². The van der Waals surface area contributed by atoms with Gasteiger partial charge in [-0.05, 0) is 18.2 Å². The summed E-state index contributed by atoms with van der Waals surface area (Å²) < 4.78 is 49.0. The van der Waals surface area contributed by atoms with Crippen LogP contribution in [0.4, 0.5) is 24.5 Å². The maximum atomic E-state index is 13.1. The van der Waals surface area contributed by atoms with Crippen molar-refractivity contribution < 1.29 is 42.0 Å². The Morgan fingerprint density at radius 3 is 2.44 bits per heavy atom. The molecule has 0 atom stereocenters. The molecule has 2 aromatic carbocycles. The van der Waals surface area contributed by atoms with Gasteiger partial charge in [-0.1, -0.05) is 12.1 Å². The smallest absolute Gasteiger partial charge is 0.418 e. The van der Waals surface area contributed by atoms with Gasteiger partial charge in [0.15, 0.2) is 6.61 Å². The number of anilines is 1. The number of nitrogens with one attached hydrogen (secondary N) is 2. The monoisotopic (exact) mass is 455 g/mol. The molecule has 0 aromatic heterocycles. The highest BCUT2D eigenvalue weighted by molar-refractivity contribution is 5.98. The number of nitro benzene ring substituents is 1. The third-order valence-corrected chi connectivity index (χ3v) is 3.90. The Balaban J connectivity index is 1.92. The van der Waals surface area contributed by atoms with Crippen LogP contribution in [0, 0.1) is 10.1 Å². The standard InChI is InChI=1S/C19H16F3N3O7/c1-31-15-5-3-2-4-12(15)18(28)23-9-17(27)32-10-16(26)24-14-7-6-11(25(29)30)8-13(14)19(20,21)22/h2-8H,9-10H2,1H3,(H,23,28)(H,24,26). The summed E-state index contributed by atoms with van der Waals surface area (Å²) >= 11 is 0. The number of ether oxygens (including phenoxy) is 2. The Morgan fingerprint density at radius 2 is 1.81 bits per heavy atom. The summed E-state index contributed by atoms with van der Waals surface area (Å²) in [5, 5.41) is 14.8. The van der Waals surface area contributed by atoms with Gasteiger partial charge >= 0.3 is 12.1 Å². The van der Waals surface area contributed by atoms with Gasteiger partial charge in [0.1, 0.15) is 12.3 Å². The molecule has 13 heteroatoms. The molecule has 10 nitrogen and oxygen atoms in total. The maximum Gasteiger partial charge on any atom is 0.418 e. The molecule has 0 aliphatic heterocycles. The van der Waals surface area contributed by atoms with Crippen molar-refractivity contribution in [2.24, 2.45) is 0 Å². The molecule has 0 bridgehead atoms. The molecule has 0 saturated carbocycles. The highest BCUT2D eigenvalue weighted by Gasteiger charge is 2.35. The van der Waals surface area contributed by atoms with Gasteiger partial charge in [0, 0.05) is 12.1 Å². The molecule has 170 valence electrons. The third kappa shape index (κ3) is 6.42. The largest absolute Gasteiger partial charge is 0.496 e. The number of non-ortho nitro benzene ring substituents is 1. The molecule has 0 radical (unpaired) electrons. The Labute approximate surface area is 178 Å². The van der Waals surface area contributed by atoms with E-state index in [1.807, 2.05) is 5.32 Å². The van der Waals surface area contributed by atoms with E-state index in [-0.39, 0.29) is 17.4 Å². The zero-order valence-electron chi connectivity index (χ0n) is 16.4. The van der Waals surface area contributed by atoms with Crippen LogP contribution in [0.2, 0.25) is 0 Å². The number of halogens is 3. The van der Waals surface area contributed by atoms with E-state index in [1.54, 1.807) is 12.1 Å². The summed E-state index contributed by atoms with van der Waals surface area (Å²) in [6.07, 6.45) is -4.98. The number of hydrogen-bond donors (Lipinski definition) is 2. The summed E-state index contributed by atoms with van der Waals surface area (Å²) in [6, 6.07) is 7.97. The molecule has 2 N–H and O–H groups in total. The average molecular weight is 455 g/mol. The van der Waals surface area contributed by atoms with E-state index in [0.29, 0.717) is 6.07 Å². The average Bonchev–Trinajstić information content (AvgIpc) is 2.75. The fourth-order valence-corrected chi connectivity index (χ4v) is 2.45. The van der Waals surface area contributed by atoms with Crippen LogP contribution in [0.1, 0.15) is 15.9 Å². The Bertz CT molecular complexity index is 1040. The van der Waals surface area contributed by atoms with Crippen LogP contribution in [0.5, 0.6) is 5.75 Å². The van der Waals surface area contributed by atoms with Gasteiger partial charge in [-0.25, -0.2) is 0 Å². The topological polar surface area (TPSA) is 137 Å². The number of carbonyl (C=O) groups excluding carboxylic acids is 3. The lowest BCUT2D eigenvalue weighted by molar-refractivity contribution is -0.385. The molecule has 0 unspecified atom stereocenters. The van der Waals surface area contributed by atoms with E-state index >= 15 is 0 Å². The van der Waals surface area contributed by atoms with E-state index in [4.69, 9.17) is 4.74 Å². The van der Waals surface area contributed by atoms with Crippen LogP contribution in [-0.2, 0) is 20.5 Å². The first kappa shape index (κ1) is 24.1. The second kappa shape index (κ2) is 10.2. The second-order valence-electron chi connectivity index (χ2n) is 6.08. The van der Waals surface area contributed by atoms with Crippen molar-refractivity contribution in [3.05, 3.63) is 63.7 Å². The summed E-state index contributed by atoms with van der Waals surface area (Å²) in [5.74, 6) is -2.53. The number of nitro groups is 1. The first-order valence-corrected chi connectivity index (χ1v) is 8.75. The number of methoxy groups -OCH3 is 1. The van der Waals surface area contributed by atoms with E-state index in [9.17, 15) is 37.7 Å². The van der Waals surface area contributed by atoms with Gasteiger partial charge in [-0.2, -0.15) is 13.2 Å². The number of nitrogens with zero attached hydrogens (tertiary/aromatic N) is 1. The van der Waals surface area contributed by atoms with Crippen molar-refractivity contribution in [1.29, 1.82) is 0 Å². The number of rotatable bonds is 8. The van der Waals surface area contributed by atoms with Crippen molar-refractivity contribution in [1.82, 2.24) is 5.32 Å². The highest BCUT2D eigenvalue weighted by Crippen LogP contribution is 2.37. The van der Waals surface area contributed by atoms with Crippen LogP contribution < -0.4 is 15.4 Å². The quantitative estimate of drug-likeness (QED) is 0.355. The zero-order valence-corrected chi connectivity index (χ0v) is 16.4. The first-order chi connectivity index (χ1) is 15.0. The zero-order chi connectivity index (χ0) is 23.9. The molecule has 0 aliphatic carbocycles. The SMILES string of the molecule is COc1ccccc1C(=O)NCC(=O)OCC(=O)Nc1ccc([N+](=O)[O-])cc1C(F)(F)F. The minimum absolute atomic E-state index is 0.151. The summed E-state index contributed by atoms with van der Waals surface area (Å²) in [6.45, 7) is -1.56. The van der Waals surface area contributed by atoms with Crippen molar-refractivity contribution in [2.75, 3.05) is 25.6 Å². The molecule has 2 rings (SSSR count). The number of alkyl halides is 3. The third-order valence-electron chi connectivity index (χ3n) is 3.90. The Hall–Kier alpha value is -4.16. The summed E-state index contributed by atoms with van der Waals surface area (Å²) in [7, 11) is 1.36. The van der Waals surface area contributed by atoms with Crippen molar-refractivity contribution >= 4 is 29.2 Å². The van der Waals surface area contributed by atoms with Gasteiger partial charge in [-0.15, -0.1) is 0 Å². The first-order valence-electron chi connectivity index (χ1n) is 8.75. The van der Waals surface area contributed by atoms with Crippen LogP contribution in [0.25, 0.3) is 0 Å². The molecule has 32 heavy (non-hydrogen) atoms. The minimum Gasteiger partial charge on any atom is -0.496 e. The van der Waals surface area contributed by atoms with E-state index < -0.39 is 59.0 Å². The van der Waals surface area contributed by atoms with Gasteiger partial charge in [0.05, 0.1) is 28.8 Å². The van der Waals surface area contributed by atoms with Crippen molar-refractivity contribution in [2.45, 2.75) is 6.18 Å². The van der Waals surface area contributed by atoms with Crippen LogP contribution in [0.3, 0.4) is 0 Å². The fraction of sp³-hybridized carbons (Fsp3) is 0.211. The molecule has 0 spiro atoms. The molecule has 0 aliphatic rings. The molecule has 0 fully saturated rings. The Kier molecular flexibility index (Phi) is 7.71. The predicted molar refractivity (Wildman–Crippen MR) is 103 cm³/mol. The summed E-state index contributed by atoms with van der Waals surface area (Å²) in [5.41, 5.74) is -2.84. The van der Waals surface area contributed by atoms with E-state index in [1.165, 1.54) is 19.2 Å². The van der Waals surface area contributed by atoms with Crippen molar-refractivity contribution in [3.8, 4) is 5.75 Å². The second-order valence-corrected chi connectivity index (χ2v) is 6.08. The van der Waals surface area contributed by atoms with E-state index in [2.05, 4.69) is 10.1 Å².